The number of nitrogens with zero attached hydrogens (tertiary/aromatic N) is 6. The molecule has 2 aromatic carbocycles. The molecule has 0 aliphatic carbocycles. The van der Waals surface area contributed by atoms with Gasteiger partial charge in [-0.15, -0.1) is 0 Å². The van der Waals surface area contributed by atoms with Crippen LogP contribution in [0.15, 0.2) is 36.4 Å². The van der Waals surface area contributed by atoms with Gasteiger partial charge in [0.25, 0.3) is 0 Å². The Hall–Kier alpha value is -3.30. The molecule has 2 unspecified atom stereocenters. The highest BCUT2D eigenvalue weighted by Gasteiger charge is 2.45. The van der Waals surface area contributed by atoms with Gasteiger partial charge < -0.3 is 24.2 Å². The highest BCUT2D eigenvalue weighted by molar-refractivity contribution is 6.35. The number of likely N-dealkylation sites (N-methyl/N-ethyl adjacent to an activating group) is 1. The van der Waals surface area contributed by atoms with Crippen LogP contribution < -0.4 is 14.5 Å². The summed E-state index contributed by atoms with van der Waals surface area (Å²) >= 11 is 6.57. The summed E-state index contributed by atoms with van der Waals surface area (Å²) in [5, 5.41) is 2.97. The van der Waals surface area contributed by atoms with Crippen molar-refractivity contribution in [2.75, 3.05) is 49.6 Å². The summed E-state index contributed by atoms with van der Waals surface area (Å²) in [5.41, 5.74) is 2.85. The molecule has 0 N–H and O–H groups in total. The number of anilines is 2. The van der Waals surface area contributed by atoms with E-state index in [1.165, 1.54) is 12.0 Å². The lowest BCUT2D eigenvalue weighted by atomic mass is 10.0. The smallest absolute Gasteiger partial charge is 0.410 e. The highest BCUT2D eigenvalue weighted by atomic mass is 35.5. The van der Waals surface area contributed by atoms with Crippen molar-refractivity contribution in [2.24, 2.45) is 0 Å². The van der Waals surface area contributed by atoms with Gasteiger partial charge in [0.15, 0.2) is 0 Å². The summed E-state index contributed by atoms with van der Waals surface area (Å²) in [5.74, 6) is 0.964. The first-order valence-electron chi connectivity index (χ1n) is 16.1. The van der Waals surface area contributed by atoms with Gasteiger partial charge in [-0.1, -0.05) is 35.9 Å². The van der Waals surface area contributed by atoms with Gasteiger partial charge in [0, 0.05) is 52.7 Å². The molecule has 234 valence electrons. The number of ether oxygens (including phenoxy) is 2. The van der Waals surface area contributed by atoms with Gasteiger partial charge in [-0.25, -0.2) is 4.79 Å². The minimum absolute atomic E-state index is 0.103. The van der Waals surface area contributed by atoms with Gasteiger partial charge >= 0.3 is 12.1 Å². The van der Waals surface area contributed by atoms with Crippen LogP contribution >= 0.6 is 11.6 Å². The summed E-state index contributed by atoms with van der Waals surface area (Å²) in [6.45, 7) is 10.4. The monoisotopic (exact) mass is 618 g/mol. The molecule has 9 nitrogen and oxygen atoms in total. The number of carbonyl (C=O) groups is 1. The third kappa shape index (κ3) is 5.65. The second-order valence-corrected chi connectivity index (χ2v) is 14.2. The lowest BCUT2D eigenvalue weighted by Gasteiger charge is -2.43. The van der Waals surface area contributed by atoms with Crippen molar-refractivity contribution >= 4 is 40.0 Å². The van der Waals surface area contributed by atoms with E-state index in [-0.39, 0.29) is 18.2 Å². The number of carbonyl (C=O) groups excluding carboxylic acids is 1. The van der Waals surface area contributed by atoms with Crippen LogP contribution in [0.3, 0.4) is 0 Å². The van der Waals surface area contributed by atoms with E-state index in [4.69, 9.17) is 31.0 Å². The number of hydrogen-bond donors (Lipinski definition) is 0. The van der Waals surface area contributed by atoms with Gasteiger partial charge in [0.1, 0.15) is 18.0 Å². The van der Waals surface area contributed by atoms with Gasteiger partial charge in [0.05, 0.1) is 24.3 Å². The molecule has 44 heavy (non-hydrogen) atoms. The van der Waals surface area contributed by atoms with E-state index in [0.29, 0.717) is 25.2 Å². The Bertz CT molecular complexity index is 1550. The van der Waals surface area contributed by atoms with Crippen LogP contribution in [0.5, 0.6) is 6.01 Å². The number of fused-ring (bicyclic) bond motifs is 4. The minimum atomic E-state index is -0.514. The van der Waals surface area contributed by atoms with Crippen molar-refractivity contribution in [2.45, 2.75) is 83.1 Å². The molecule has 3 atom stereocenters. The fourth-order valence-corrected chi connectivity index (χ4v) is 7.74. The summed E-state index contributed by atoms with van der Waals surface area (Å²) in [4.78, 5) is 32.4. The van der Waals surface area contributed by atoms with Crippen molar-refractivity contribution < 1.29 is 14.3 Å². The molecular formula is C34H43ClN6O3. The zero-order chi connectivity index (χ0) is 30.6. The largest absolute Gasteiger partial charge is 0.462 e. The number of halogens is 1. The summed E-state index contributed by atoms with van der Waals surface area (Å²) in [7, 11) is 2.16. The van der Waals surface area contributed by atoms with Crippen LogP contribution in [-0.4, -0.2) is 89.4 Å². The molecule has 5 heterocycles. The normalized spacial score (nSPS) is 23.8. The van der Waals surface area contributed by atoms with Crippen molar-refractivity contribution in [1.82, 2.24) is 19.8 Å². The van der Waals surface area contributed by atoms with Gasteiger partial charge in [-0.2, -0.15) is 9.97 Å². The van der Waals surface area contributed by atoms with E-state index in [1.54, 1.807) is 0 Å². The first kappa shape index (κ1) is 29.4. The Labute approximate surface area is 265 Å². The van der Waals surface area contributed by atoms with E-state index < -0.39 is 5.60 Å². The summed E-state index contributed by atoms with van der Waals surface area (Å²) in [6.07, 6.45) is 4.89. The van der Waals surface area contributed by atoms with E-state index in [2.05, 4.69) is 46.0 Å². The number of rotatable bonds is 5. The van der Waals surface area contributed by atoms with Crippen LogP contribution in [0.4, 0.5) is 16.3 Å². The van der Waals surface area contributed by atoms with Gasteiger partial charge in [-0.3, -0.25) is 4.90 Å². The molecule has 3 saturated heterocycles. The Morgan fingerprint density at radius 3 is 2.45 bits per heavy atom. The lowest BCUT2D eigenvalue weighted by molar-refractivity contribution is 0.0122. The molecule has 3 aromatic rings. The Balaban J connectivity index is 1.19. The minimum Gasteiger partial charge on any atom is -0.462 e. The number of benzene rings is 2. The van der Waals surface area contributed by atoms with E-state index in [0.717, 1.165) is 84.9 Å². The number of piperazine rings is 1. The second-order valence-electron chi connectivity index (χ2n) is 13.8. The van der Waals surface area contributed by atoms with Crippen molar-refractivity contribution in [3.8, 4) is 6.01 Å². The third-order valence-electron chi connectivity index (χ3n) is 9.67. The number of hydrogen-bond acceptors (Lipinski definition) is 8. The van der Waals surface area contributed by atoms with Crippen LogP contribution in [-0.2, 0) is 17.7 Å². The SMILES string of the molecule is CN1CCC[C@H]1COc1nc2c(c(N3CC4CCC(C3)N4C(=O)OC(C)(C)C)n1)CCN(c1cccc3c(Cl)cccc13)C2. The predicted octanol–water partition coefficient (Wildman–Crippen LogP) is 5.91. The summed E-state index contributed by atoms with van der Waals surface area (Å²) < 4.78 is 12.2. The second kappa shape index (κ2) is 11.6. The molecule has 0 radical (unpaired) electrons. The maximum atomic E-state index is 13.1. The number of amides is 1. The van der Waals surface area contributed by atoms with E-state index >= 15 is 0 Å². The Kier molecular flexibility index (Phi) is 7.73. The van der Waals surface area contributed by atoms with Crippen LogP contribution in [0, 0.1) is 0 Å². The molecular weight excluding hydrogens is 576 g/mol. The molecule has 4 aliphatic heterocycles. The highest BCUT2D eigenvalue weighted by Crippen LogP contribution is 2.39. The fourth-order valence-electron chi connectivity index (χ4n) is 7.50. The molecule has 2 bridgehead atoms. The van der Waals surface area contributed by atoms with E-state index in [9.17, 15) is 4.79 Å². The first-order chi connectivity index (χ1) is 21.1. The zero-order valence-corrected chi connectivity index (χ0v) is 27.0. The molecule has 1 aromatic heterocycles. The lowest BCUT2D eigenvalue weighted by Crippen LogP contribution is -2.57. The van der Waals surface area contributed by atoms with Crippen LogP contribution in [0.2, 0.25) is 5.02 Å². The molecule has 3 fully saturated rings. The van der Waals surface area contributed by atoms with E-state index in [1.807, 2.05) is 37.8 Å². The number of likely N-dealkylation sites (tertiary alicyclic amines) is 1. The maximum Gasteiger partial charge on any atom is 0.410 e. The van der Waals surface area contributed by atoms with Crippen molar-refractivity contribution in [3.63, 3.8) is 0 Å². The molecule has 10 heteroatoms. The Morgan fingerprint density at radius 1 is 0.977 bits per heavy atom. The van der Waals surface area contributed by atoms with Gasteiger partial charge in [0.2, 0.25) is 0 Å². The topological polar surface area (TPSA) is 74.3 Å². The average Bonchev–Trinajstić information content (AvgIpc) is 3.53. The van der Waals surface area contributed by atoms with Gasteiger partial charge in [-0.05, 0) is 78.6 Å². The average molecular weight is 619 g/mol. The molecule has 0 saturated carbocycles. The molecule has 7 rings (SSSR count). The standard InChI is InChI=1S/C34H43ClN6O3/c1-34(2,3)44-33(42)41-22-13-14-23(41)19-40(18-22)31-27-15-17-39(30-12-6-9-25-26(30)10-5-11-28(25)35)20-29(27)36-32(37-31)43-21-24-8-7-16-38(24)4/h5-6,9-12,22-24H,7-8,13-21H2,1-4H3/t22?,23?,24-/m0/s1. The maximum absolute atomic E-state index is 13.1. The summed E-state index contributed by atoms with van der Waals surface area (Å²) in [6, 6.07) is 13.5. The number of aromatic nitrogens is 2. The van der Waals surface area contributed by atoms with Crippen LogP contribution in [0.25, 0.3) is 10.8 Å². The first-order valence-corrected chi connectivity index (χ1v) is 16.4. The molecule has 0 spiro atoms. The Morgan fingerprint density at radius 2 is 1.73 bits per heavy atom. The molecule has 1 amide bonds. The van der Waals surface area contributed by atoms with Crippen molar-refractivity contribution in [1.29, 1.82) is 0 Å². The third-order valence-corrected chi connectivity index (χ3v) is 10.0. The zero-order valence-electron chi connectivity index (χ0n) is 26.3. The quantitative estimate of drug-likeness (QED) is 0.350. The fraction of sp³-hybridized carbons (Fsp3) is 0.559. The van der Waals surface area contributed by atoms with Crippen LogP contribution in [0.1, 0.15) is 57.7 Å². The predicted molar refractivity (Wildman–Crippen MR) is 174 cm³/mol. The van der Waals surface area contributed by atoms with Crippen molar-refractivity contribution in [3.05, 3.63) is 52.7 Å². The molecule has 4 aliphatic rings.